The summed E-state index contributed by atoms with van der Waals surface area (Å²) in [6.45, 7) is 2.08. The van der Waals surface area contributed by atoms with E-state index in [9.17, 15) is 4.79 Å². The highest BCUT2D eigenvalue weighted by Gasteiger charge is 2.26. The lowest BCUT2D eigenvalue weighted by Crippen LogP contribution is -2.23. The van der Waals surface area contributed by atoms with Crippen molar-refractivity contribution in [3.8, 4) is 5.75 Å². The van der Waals surface area contributed by atoms with Gasteiger partial charge in [-0.1, -0.05) is 25.1 Å². The van der Waals surface area contributed by atoms with E-state index in [2.05, 4.69) is 13.0 Å². The average molecular weight is 295 g/mol. The van der Waals surface area contributed by atoms with Crippen LogP contribution in [0, 0.1) is 5.92 Å². The molecule has 0 bridgehead atoms. The lowest BCUT2D eigenvalue weighted by Gasteiger charge is -2.22. The largest absolute Gasteiger partial charge is 0.496 e. The molecule has 2 aromatic rings. The van der Waals surface area contributed by atoms with Crippen LogP contribution in [0.5, 0.6) is 5.75 Å². The Morgan fingerprint density at radius 1 is 1.23 bits per heavy atom. The maximum absolute atomic E-state index is 12.4. The number of rotatable bonds is 4. The number of ketones is 1. The average Bonchev–Trinajstić information content (AvgIpc) is 2.56. The van der Waals surface area contributed by atoms with Gasteiger partial charge >= 0.3 is 0 Å². The van der Waals surface area contributed by atoms with Gasteiger partial charge in [-0.3, -0.25) is 9.78 Å². The van der Waals surface area contributed by atoms with Crippen molar-refractivity contribution in [3.05, 3.63) is 58.9 Å². The first-order valence-electron chi connectivity index (χ1n) is 7.87. The quantitative estimate of drug-likeness (QED) is 0.860. The second kappa shape index (κ2) is 6.30. The Balaban J connectivity index is 1.87. The summed E-state index contributed by atoms with van der Waals surface area (Å²) in [4.78, 5) is 17.1. The zero-order valence-electron chi connectivity index (χ0n) is 13.1. The van der Waals surface area contributed by atoms with Crippen LogP contribution in [-0.4, -0.2) is 17.9 Å². The zero-order chi connectivity index (χ0) is 15.5. The molecule has 3 heteroatoms. The fraction of sp³-hybridized carbons (Fsp3) is 0.368. The van der Waals surface area contributed by atoms with Crippen molar-refractivity contribution in [1.29, 1.82) is 0 Å². The van der Waals surface area contributed by atoms with Gasteiger partial charge in [-0.05, 0) is 37.5 Å². The summed E-state index contributed by atoms with van der Waals surface area (Å²) in [5, 5.41) is 0. The van der Waals surface area contributed by atoms with Crippen molar-refractivity contribution in [2.75, 3.05) is 7.11 Å². The van der Waals surface area contributed by atoms with Gasteiger partial charge in [0.2, 0.25) is 0 Å². The van der Waals surface area contributed by atoms with Gasteiger partial charge < -0.3 is 4.74 Å². The molecule has 0 saturated heterocycles. The molecule has 0 radical (unpaired) electrons. The highest BCUT2D eigenvalue weighted by atomic mass is 16.5. The number of methoxy groups -OCH3 is 1. The van der Waals surface area contributed by atoms with Crippen molar-refractivity contribution in [2.24, 2.45) is 5.92 Å². The SMILES string of the molecule is CCC1CCc2nc(Cc3ccccc3OC)ccc2C1=O. The van der Waals surface area contributed by atoms with Crippen LogP contribution in [0.4, 0.5) is 0 Å². The van der Waals surface area contributed by atoms with E-state index < -0.39 is 0 Å². The molecule has 0 fully saturated rings. The van der Waals surface area contributed by atoms with Crippen molar-refractivity contribution >= 4 is 5.78 Å². The van der Waals surface area contributed by atoms with Crippen LogP contribution in [-0.2, 0) is 12.8 Å². The summed E-state index contributed by atoms with van der Waals surface area (Å²) < 4.78 is 5.39. The van der Waals surface area contributed by atoms with E-state index in [1.165, 1.54) is 0 Å². The Kier molecular flexibility index (Phi) is 4.23. The molecule has 0 N–H and O–H groups in total. The Morgan fingerprint density at radius 2 is 2.05 bits per heavy atom. The lowest BCUT2D eigenvalue weighted by atomic mass is 9.83. The number of Topliss-reactive ketones (excluding diaryl/α,β-unsaturated/α-hetero) is 1. The van der Waals surface area contributed by atoms with Gasteiger partial charge in [-0.15, -0.1) is 0 Å². The van der Waals surface area contributed by atoms with Crippen LogP contribution in [0.15, 0.2) is 36.4 Å². The summed E-state index contributed by atoms with van der Waals surface area (Å²) in [6, 6.07) is 11.9. The molecule has 1 aromatic carbocycles. The minimum Gasteiger partial charge on any atom is -0.496 e. The molecular weight excluding hydrogens is 274 g/mol. The molecule has 3 nitrogen and oxygen atoms in total. The van der Waals surface area contributed by atoms with E-state index in [0.717, 1.165) is 53.9 Å². The van der Waals surface area contributed by atoms with E-state index in [1.54, 1.807) is 7.11 Å². The number of hydrogen-bond donors (Lipinski definition) is 0. The summed E-state index contributed by atoms with van der Waals surface area (Å²) in [7, 11) is 1.68. The number of hydrogen-bond acceptors (Lipinski definition) is 3. The van der Waals surface area contributed by atoms with Gasteiger partial charge in [-0.2, -0.15) is 0 Å². The van der Waals surface area contributed by atoms with Crippen LogP contribution in [0.3, 0.4) is 0 Å². The van der Waals surface area contributed by atoms with E-state index in [1.807, 2.05) is 30.3 Å². The van der Waals surface area contributed by atoms with Crippen molar-refractivity contribution in [1.82, 2.24) is 4.98 Å². The topological polar surface area (TPSA) is 39.2 Å². The van der Waals surface area contributed by atoms with Crippen LogP contribution in [0.2, 0.25) is 0 Å². The van der Waals surface area contributed by atoms with Crippen LogP contribution in [0.25, 0.3) is 0 Å². The fourth-order valence-electron chi connectivity index (χ4n) is 3.16. The van der Waals surface area contributed by atoms with E-state index in [0.29, 0.717) is 0 Å². The molecule has 0 aliphatic heterocycles. The van der Waals surface area contributed by atoms with Crippen molar-refractivity contribution < 1.29 is 9.53 Å². The van der Waals surface area contributed by atoms with Crippen molar-refractivity contribution in [3.63, 3.8) is 0 Å². The predicted octanol–water partition coefficient (Wildman–Crippen LogP) is 3.84. The second-order valence-corrected chi connectivity index (χ2v) is 5.79. The van der Waals surface area contributed by atoms with E-state index in [-0.39, 0.29) is 11.7 Å². The lowest BCUT2D eigenvalue weighted by molar-refractivity contribution is 0.0897. The molecule has 1 aliphatic carbocycles. The number of nitrogens with zero attached hydrogens (tertiary/aromatic N) is 1. The smallest absolute Gasteiger partial charge is 0.167 e. The summed E-state index contributed by atoms with van der Waals surface area (Å²) in [5.74, 6) is 1.32. The number of carbonyl (C=O) groups is 1. The Morgan fingerprint density at radius 3 is 2.82 bits per heavy atom. The molecule has 1 heterocycles. The Hall–Kier alpha value is -2.16. The van der Waals surface area contributed by atoms with Gasteiger partial charge in [0.05, 0.1) is 12.8 Å². The first-order valence-corrected chi connectivity index (χ1v) is 7.87. The molecule has 1 atom stereocenters. The number of aromatic nitrogens is 1. The first kappa shape index (κ1) is 14.8. The highest BCUT2D eigenvalue weighted by Crippen LogP contribution is 2.27. The third-order valence-electron chi connectivity index (χ3n) is 4.45. The number of pyridine rings is 1. The fourth-order valence-corrected chi connectivity index (χ4v) is 3.16. The van der Waals surface area contributed by atoms with Gasteiger partial charge in [0.15, 0.2) is 5.78 Å². The Labute approximate surface area is 131 Å². The molecule has 1 aromatic heterocycles. The number of fused-ring (bicyclic) bond motifs is 1. The molecule has 0 spiro atoms. The third-order valence-corrected chi connectivity index (χ3v) is 4.45. The van der Waals surface area contributed by atoms with Crippen LogP contribution >= 0.6 is 0 Å². The normalized spacial score (nSPS) is 17.2. The molecule has 1 unspecified atom stereocenters. The number of aryl methyl sites for hydroxylation is 1. The predicted molar refractivity (Wildman–Crippen MR) is 86.5 cm³/mol. The van der Waals surface area contributed by atoms with Gasteiger partial charge in [0.25, 0.3) is 0 Å². The van der Waals surface area contributed by atoms with Gasteiger partial charge in [-0.25, -0.2) is 0 Å². The van der Waals surface area contributed by atoms with Crippen LogP contribution < -0.4 is 4.74 Å². The third kappa shape index (κ3) is 2.76. The van der Waals surface area contributed by atoms with Gasteiger partial charge in [0, 0.05) is 29.2 Å². The molecule has 114 valence electrons. The molecule has 0 saturated carbocycles. The van der Waals surface area contributed by atoms with E-state index in [4.69, 9.17) is 9.72 Å². The van der Waals surface area contributed by atoms with E-state index >= 15 is 0 Å². The molecule has 0 amide bonds. The number of carbonyl (C=O) groups excluding carboxylic acids is 1. The minimum atomic E-state index is 0.175. The molecule has 22 heavy (non-hydrogen) atoms. The maximum atomic E-state index is 12.4. The zero-order valence-corrected chi connectivity index (χ0v) is 13.1. The molecular formula is C19H21NO2. The number of ether oxygens (including phenoxy) is 1. The first-order chi connectivity index (χ1) is 10.7. The monoisotopic (exact) mass is 295 g/mol. The number of para-hydroxylation sites is 1. The maximum Gasteiger partial charge on any atom is 0.167 e. The Bertz CT molecular complexity index is 694. The second-order valence-electron chi connectivity index (χ2n) is 5.79. The minimum absolute atomic E-state index is 0.175. The number of benzene rings is 1. The van der Waals surface area contributed by atoms with Gasteiger partial charge in [0.1, 0.15) is 5.75 Å². The van der Waals surface area contributed by atoms with Crippen molar-refractivity contribution in [2.45, 2.75) is 32.6 Å². The summed E-state index contributed by atoms with van der Waals surface area (Å²) >= 11 is 0. The summed E-state index contributed by atoms with van der Waals surface area (Å²) in [6.07, 6.45) is 3.47. The standard InChI is InChI=1S/C19H21NO2/c1-3-13-8-11-17-16(19(13)21)10-9-15(20-17)12-14-6-4-5-7-18(14)22-2/h4-7,9-10,13H,3,8,11-12H2,1-2H3. The molecule has 3 rings (SSSR count). The highest BCUT2D eigenvalue weighted by molar-refractivity contribution is 5.99. The summed E-state index contributed by atoms with van der Waals surface area (Å²) in [5.41, 5.74) is 3.89. The molecule has 1 aliphatic rings. The van der Waals surface area contributed by atoms with Crippen LogP contribution in [0.1, 0.15) is 47.1 Å².